The minimum absolute atomic E-state index is 0.0152. The van der Waals surface area contributed by atoms with Crippen LogP contribution in [0.5, 0.6) is 0 Å². The van der Waals surface area contributed by atoms with Gasteiger partial charge in [0.1, 0.15) is 6.10 Å². The van der Waals surface area contributed by atoms with Crippen molar-refractivity contribution in [2.45, 2.75) is 45.6 Å². The molecule has 1 heterocycles. The van der Waals surface area contributed by atoms with Crippen molar-refractivity contribution < 1.29 is 9.53 Å². The maximum atomic E-state index is 10.8. The van der Waals surface area contributed by atoms with E-state index in [1.165, 1.54) is 12.8 Å². The van der Waals surface area contributed by atoms with Crippen LogP contribution in [0.4, 0.5) is 0 Å². The Morgan fingerprint density at radius 1 is 1.64 bits per heavy atom. The van der Waals surface area contributed by atoms with Gasteiger partial charge in [-0.1, -0.05) is 26.7 Å². The summed E-state index contributed by atoms with van der Waals surface area (Å²) in [7, 11) is 0. The number of esters is 1. The summed E-state index contributed by atoms with van der Waals surface area (Å²) in [4.78, 5) is 10.8. The van der Waals surface area contributed by atoms with E-state index in [2.05, 4.69) is 13.8 Å². The summed E-state index contributed by atoms with van der Waals surface area (Å²) in [6, 6.07) is 0. The Hall–Kier alpha value is -0.530. The number of hydrogen-bond donors (Lipinski definition) is 0. The van der Waals surface area contributed by atoms with E-state index in [-0.39, 0.29) is 12.1 Å². The molecule has 0 aliphatic carbocycles. The van der Waals surface area contributed by atoms with Crippen LogP contribution in [-0.4, -0.2) is 12.1 Å². The van der Waals surface area contributed by atoms with Gasteiger partial charge in [-0.05, 0) is 6.42 Å². The molecule has 1 aliphatic rings. The predicted molar refractivity (Wildman–Crippen MR) is 43.2 cm³/mol. The van der Waals surface area contributed by atoms with E-state index in [0.29, 0.717) is 12.3 Å². The largest absolute Gasteiger partial charge is 0.462 e. The summed E-state index contributed by atoms with van der Waals surface area (Å²) < 4.78 is 5.14. The fourth-order valence-corrected chi connectivity index (χ4v) is 1.48. The molecule has 0 aromatic rings. The fraction of sp³-hybridized carbons (Fsp3) is 0.889. The summed E-state index contributed by atoms with van der Waals surface area (Å²) in [5, 5.41) is 0. The van der Waals surface area contributed by atoms with Crippen LogP contribution in [0.3, 0.4) is 0 Å². The average Bonchev–Trinajstić information content (AvgIpc) is 2.26. The number of cyclic esters (lactones) is 1. The predicted octanol–water partition coefficient (Wildman–Crippen LogP) is 2.13. The van der Waals surface area contributed by atoms with Crippen LogP contribution in [-0.2, 0) is 9.53 Å². The zero-order valence-electron chi connectivity index (χ0n) is 7.30. The Labute approximate surface area is 67.9 Å². The number of ether oxygens (including phenoxy) is 1. The molecule has 0 saturated carbocycles. The van der Waals surface area contributed by atoms with Gasteiger partial charge < -0.3 is 4.74 Å². The van der Waals surface area contributed by atoms with E-state index < -0.39 is 0 Å². The topological polar surface area (TPSA) is 26.3 Å². The van der Waals surface area contributed by atoms with Crippen molar-refractivity contribution in [3.63, 3.8) is 0 Å². The van der Waals surface area contributed by atoms with Gasteiger partial charge in [0.15, 0.2) is 0 Å². The lowest BCUT2D eigenvalue weighted by atomic mass is 9.99. The van der Waals surface area contributed by atoms with Crippen LogP contribution in [0.25, 0.3) is 0 Å². The second-order valence-corrected chi connectivity index (χ2v) is 3.35. The molecule has 0 amide bonds. The van der Waals surface area contributed by atoms with Crippen LogP contribution >= 0.6 is 0 Å². The molecule has 1 rings (SSSR count). The highest BCUT2D eigenvalue weighted by Gasteiger charge is 2.30. The van der Waals surface area contributed by atoms with Gasteiger partial charge in [0.25, 0.3) is 0 Å². The van der Waals surface area contributed by atoms with Crippen molar-refractivity contribution in [1.82, 2.24) is 0 Å². The number of carbonyl (C=O) groups is 1. The van der Waals surface area contributed by atoms with Crippen LogP contribution in [0.15, 0.2) is 0 Å². The van der Waals surface area contributed by atoms with E-state index in [1.807, 2.05) is 0 Å². The molecule has 0 spiro atoms. The van der Waals surface area contributed by atoms with Gasteiger partial charge in [0.05, 0.1) is 6.42 Å². The van der Waals surface area contributed by atoms with Gasteiger partial charge in [-0.25, -0.2) is 0 Å². The Morgan fingerprint density at radius 3 is 2.82 bits per heavy atom. The quantitative estimate of drug-likeness (QED) is 0.585. The van der Waals surface area contributed by atoms with E-state index in [4.69, 9.17) is 4.74 Å². The first kappa shape index (κ1) is 8.57. The molecule has 11 heavy (non-hydrogen) atoms. The first-order valence-corrected chi connectivity index (χ1v) is 4.43. The molecule has 2 atom stereocenters. The summed E-state index contributed by atoms with van der Waals surface area (Å²) in [6.07, 6.45) is 4.23. The molecule has 64 valence electrons. The molecule has 2 heteroatoms. The Kier molecular flexibility index (Phi) is 2.92. The average molecular weight is 156 g/mol. The van der Waals surface area contributed by atoms with Gasteiger partial charge in [-0.2, -0.15) is 0 Å². The lowest BCUT2D eigenvalue weighted by Crippen LogP contribution is -2.12. The molecule has 1 saturated heterocycles. The third kappa shape index (κ3) is 2.21. The zero-order chi connectivity index (χ0) is 8.27. The number of carbonyl (C=O) groups excluding carboxylic acids is 1. The van der Waals surface area contributed by atoms with Gasteiger partial charge >= 0.3 is 5.97 Å². The highest BCUT2D eigenvalue weighted by Crippen LogP contribution is 2.25. The Balaban J connectivity index is 2.28. The van der Waals surface area contributed by atoms with Gasteiger partial charge in [0, 0.05) is 5.92 Å². The van der Waals surface area contributed by atoms with Crippen LogP contribution in [0, 0.1) is 5.92 Å². The molecule has 0 aromatic heterocycles. The highest BCUT2D eigenvalue weighted by molar-refractivity contribution is 5.71. The van der Waals surface area contributed by atoms with Gasteiger partial charge in [0.2, 0.25) is 0 Å². The zero-order valence-corrected chi connectivity index (χ0v) is 7.30. The van der Waals surface area contributed by atoms with E-state index in [9.17, 15) is 4.79 Å². The van der Waals surface area contributed by atoms with Crippen molar-refractivity contribution in [3.05, 3.63) is 0 Å². The van der Waals surface area contributed by atoms with Crippen molar-refractivity contribution in [1.29, 1.82) is 0 Å². The summed E-state index contributed by atoms with van der Waals surface area (Å²) in [5.74, 6) is 0.424. The molecule has 1 aliphatic heterocycles. The van der Waals surface area contributed by atoms with Crippen LogP contribution < -0.4 is 0 Å². The van der Waals surface area contributed by atoms with Gasteiger partial charge in [-0.15, -0.1) is 0 Å². The van der Waals surface area contributed by atoms with E-state index in [1.54, 1.807) is 0 Å². The molecule has 0 unspecified atom stereocenters. The first-order chi connectivity index (χ1) is 5.24. The molecule has 0 bridgehead atoms. The van der Waals surface area contributed by atoms with Crippen LogP contribution in [0.1, 0.15) is 39.5 Å². The maximum Gasteiger partial charge on any atom is 0.306 e. The van der Waals surface area contributed by atoms with Crippen molar-refractivity contribution in [2.75, 3.05) is 0 Å². The second kappa shape index (κ2) is 3.74. The highest BCUT2D eigenvalue weighted by atomic mass is 16.5. The minimum Gasteiger partial charge on any atom is -0.462 e. The second-order valence-electron chi connectivity index (χ2n) is 3.35. The number of unbranched alkanes of at least 4 members (excludes halogenated alkanes) is 1. The smallest absolute Gasteiger partial charge is 0.306 e. The fourth-order valence-electron chi connectivity index (χ4n) is 1.48. The molecule has 0 aromatic carbocycles. The minimum atomic E-state index is -0.0152. The molecule has 1 fully saturated rings. The molecular weight excluding hydrogens is 140 g/mol. The van der Waals surface area contributed by atoms with Crippen molar-refractivity contribution in [3.8, 4) is 0 Å². The van der Waals surface area contributed by atoms with Crippen LogP contribution in [0.2, 0.25) is 0 Å². The SMILES string of the molecule is CCCC[C@@H]1OC(=O)C[C@H]1C. The third-order valence-corrected chi connectivity index (χ3v) is 2.25. The monoisotopic (exact) mass is 156 g/mol. The summed E-state index contributed by atoms with van der Waals surface area (Å²) >= 11 is 0. The number of rotatable bonds is 3. The van der Waals surface area contributed by atoms with Crippen molar-refractivity contribution in [2.24, 2.45) is 5.92 Å². The summed E-state index contributed by atoms with van der Waals surface area (Å²) in [5.41, 5.74) is 0. The van der Waals surface area contributed by atoms with Crippen molar-refractivity contribution >= 4 is 5.97 Å². The summed E-state index contributed by atoms with van der Waals surface area (Å²) in [6.45, 7) is 4.24. The first-order valence-electron chi connectivity index (χ1n) is 4.43. The molecule has 0 N–H and O–H groups in total. The normalized spacial score (nSPS) is 30.5. The standard InChI is InChI=1S/C9H16O2/c1-3-4-5-8-7(2)6-9(10)11-8/h7-8H,3-6H2,1-2H3/t7-,8+/m1/s1. The lowest BCUT2D eigenvalue weighted by molar-refractivity contribution is -0.141. The Morgan fingerprint density at radius 2 is 2.36 bits per heavy atom. The van der Waals surface area contributed by atoms with Gasteiger partial charge in [-0.3, -0.25) is 4.79 Å². The van der Waals surface area contributed by atoms with E-state index >= 15 is 0 Å². The Bertz CT molecular complexity index is 142. The number of hydrogen-bond acceptors (Lipinski definition) is 2. The van der Waals surface area contributed by atoms with E-state index in [0.717, 1.165) is 6.42 Å². The maximum absolute atomic E-state index is 10.8. The molecule has 2 nitrogen and oxygen atoms in total. The lowest BCUT2D eigenvalue weighted by Gasteiger charge is -2.11. The molecular formula is C9H16O2. The third-order valence-electron chi connectivity index (χ3n) is 2.25. The molecule has 0 radical (unpaired) electrons.